The van der Waals surface area contributed by atoms with E-state index in [2.05, 4.69) is 24.0 Å². The highest BCUT2D eigenvalue weighted by Crippen LogP contribution is 2.30. The summed E-state index contributed by atoms with van der Waals surface area (Å²) in [4.78, 5) is 3.75. The van der Waals surface area contributed by atoms with Crippen molar-refractivity contribution in [1.29, 1.82) is 0 Å². The summed E-state index contributed by atoms with van der Waals surface area (Å²) in [5, 5.41) is 0. The molecule has 0 unspecified atom stereocenters. The molecule has 0 aliphatic rings. The summed E-state index contributed by atoms with van der Waals surface area (Å²) >= 11 is 6.98. The van der Waals surface area contributed by atoms with Crippen LogP contribution in [0.4, 0.5) is 5.69 Å². The summed E-state index contributed by atoms with van der Waals surface area (Å²) in [6, 6.07) is 6.18. The van der Waals surface area contributed by atoms with E-state index in [0.29, 0.717) is 11.6 Å². The zero-order valence-electron chi connectivity index (χ0n) is 11.8. The van der Waals surface area contributed by atoms with Crippen LogP contribution in [0.25, 0.3) is 0 Å². The predicted molar refractivity (Wildman–Crippen MR) is 88.5 cm³/mol. The lowest BCUT2D eigenvalue weighted by molar-refractivity contribution is 0.154. The average Bonchev–Trinajstić information content (AvgIpc) is 2.38. The standard InChI is InChI=1S/C14H22N2OS2/c1-4-17-10-9-16(3)11-7-6-8-12(19-5-2)13(11)14(15)18/h6-8H,4-5,9-10H2,1-3H3,(H2,15,18). The van der Waals surface area contributed by atoms with E-state index >= 15 is 0 Å². The van der Waals surface area contributed by atoms with Gasteiger partial charge >= 0.3 is 0 Å². The first-order chi connectivity index (χ1) is 9.11. The zero-order valence-corrected chi connectivity index (χ0v) is 13.4. The molecule has 19 heavy (non-hydrogen) atoms. The molecule has 1 aromatic rings. The maximum absolute atomic E-state index is 5.90. The summed E-state index contributed by atoms with van der Waals surface area (Å²) < 4.78 is 5.39. The van der Waals surface area contributed by atoms with Crippen LogP contribution in [0.3, 0.4) is 0 Å². The molecule has 0 spiro atoms. The second kappa shape index (κ2) is 8.40. The van der Waals surface area contributed by atoms with E-state index in [-0.39, 0.29) is 0 Å². The van der Waals surface area contributed by atoms with Gasteiger partial charge in [-0.15, -0.1) is 11.8 Å². The molecule has 0 aromatic heterocycles. The molecule has 2 N–H and O–H groups in total. The first kappa shape index (κ1) is 16.3. The number of likely N-dealkylation sites (N-methyl/N-ethyl adjacent to an activating group) is 1. The van der Waals surface area contributed by atoms with E-state index in [1.165, 1.54) is 0 Å². The molecule has 0 radical (unpaired) electrons. The molecule has 0 bridgehead atoms. The third kappa shape index (κ3) is 4.67. The fourth-order valence-electron chi connectivity index (χ4n) is 1.83. The summed E-state index contributed by atoms with van der Waals surface area (Å²) in [5.74, 6) is 1.00. The summed E-state index contributed by atoms with van der Waals surface area (Å²) in [7, 11) is 2.04. The second-order valence-corrected chi connectivity index (χ2v) is 5.81. The summed E-state index contributed by atoms with van der Waals surface area (Å²) in [6.45, 7) is 6.39. The largest absolute Gasteiger partial charge is 0.389 e. The van der Waals surface area contributed by atoms with E-state index in [1.807, 2.05) is 20.0 Å². The van der Waals surface area contributed by atoms with Crippen molar-refractivity contribution in [3.63, 3.8) is 0 Å². The van der Waals surface area contributed by atoms with Crippen molar-refractivity contribution in [2.45, 2.75) is 18.7 Å². The van der Waals surface area contributed by atoms with E-state index in [9.17, 15) is 0 Å². The van der Waals surface area contributed by atoms with Crippen molar-refractivity contribution in [2.75, 3.05) is 37.5 Å². The van der Waals surface area contributed by atoms with Gasteiger partial charge in [0.1, 0.15) is 4.99 Å². The van der Waals surface area contributed by atoms with Gasteiger partial charge in [-0.25, -0.2) is 0 Å². The van der Waals surface area contributed by atoms with E-state index < -0.39 is 0 Å². The highest BCUT2D eigenvalue weighted by molar-refractivity contribution is 7.99. The van der Waals surface area contributed by atoms with Crippen molar-refractivity contribution >= 4 is 34.7 Å². The minimum atomic E-state index is 0.454. The number of nitrogens with two attached hydrogens (primary N) is 1. The van der Waals surface area contributed by atoms with Gasteiger partial charge in [-0.3, -0.25) is 0 Å². The van der Waals surface area contributed by atoms with Crippen LogP contribution in [0, 0.1) is 0 Å². The average molecular weight is 298 g/mol. The predicted octanol–water partition coefficient (Wildman–Crippen LogP) is 2.91. The smallest absolute Gasteiger partial charge is 0.107 e. The molecule has 3 nitrogen and oxygen atoms in total. The van der Waals surface area contributed by atoms with Crippen LogP contribution in [0.1, 0.15) is 19.4 Å². The van der Waals surface area contributed by atoms with Gasteiger partial charge < -0.3 is 15.4 Å². The Kier molecular flexibility index (Phi) is 7.20. The molecule has 0 aliphatic heterocycles. The summed E-state index contributed by atoms with van der Waals surface area (Å²) in [5.41, 5.74) is 7.95. The molecule has 0 aliphatic carbocycles. The number of benzene rings is 1. The Morgan fingerprint density at radius 1 is 1.42 bits per heavy atom. The van der Waals surface area contributed by atoms with Crippen molar-refractivity contribution in [1.82, 2.24) is 0 Å². The fourth-order valence-corrected chi connectivity index (χ4v) is 2.95. The maximum atomic E-state index is 5.90. The fraction of sp³-hybridized carbons (Fsp3) is 0.500. The van der Waals surface area contributed by atoms with Gasteiger partial charge in [0.05, 0.1) is 6.61 Å². The molecule has 0 saturated heterocycles. The Labute approximate surface area is 125 Å². The molecule has 0 heterocycles. The van der Waals surface area contributed by atoms with Gasteiger partial charge in [-0.2, -0.15) is 0 Å². The molecular weight excluding hydrogens is 276 g/mol. The SMILES string of the molecule is CCOCCN(C)c1cccc(SCC)c1C(N)=S. The van der Waals surface area contributed by atoms with Crippen LogP contribution in [0.15, 0.2) is 23.1 Å². The Bertz CT molecular complexity index is 424. The molecule has 0 atom stereocenters. The quantitative estimate of drug-likeness (QED) is 0.454. The molecule has 0 fully saturated rings. The number of nitrogens with zero attached hydrogens (tertiary/aromatic N) is 1. The number of hydrogen-bond acceptors (Lipinski definition) is 4. The van der Waals surface area contributed by atoms with E-state index in [1.54, 1.807) is 11.8 Å². The van der Waals surface area contributed by atoms with Gasteiger partial charge in [0, 0.05) is 36.3 Å². The topological polar surface area (TPSA) is 38.5 Å². The molecule has 1 aromatic carbocycles. The Morgan fingerprint density at radius 2 is 2.16 bits per heavy atom. The molecule has 5 heteroatoms. The van der Waals surface area contributed by atoms with Crippen LogP contribution in [0.2, 0.25) is 0 Å². The zero-order chi connectivity index (χ0) is 14.3. The highest BCUT2D eigenvalue weighted by atomic mass is 32.2. The lowest BCUT2D eigenvalue weighted by atomic mass is 10.1. The van der Waals surface area contributed by atoms with Gasteiger partial charge in [-0.1, -0.05) is 25.2 Å². The van der Waals surface area contributed by atoms with Gasteiger partial charge in [-0.05, 0) is 24.8 Å². The van der Waals surface area contributed by atoms with Crippen LogP contribution in [0.5, 0.6) is 0 Å². The number of thiocarbonyl (C=S) groups is 1. The molecule has 0 amide bonds. The minimum absolute atomic E-state index is 0.454. The van der Waals surface area contributed by atoms with Crippen LogP contribution >= 0.6 is 24.0 Å². The second-order valence-electron chi connectivity index (χ2n) is 4.07. The number of hydrogen-bond donors (Lipinski definition) is 1. The van der Waals surface area contributed by atoms with Gasteiger partial charge in [0.15, 0.2) is 0 Å². The molecule has 1 rings (SSSR count). The van der Waals surface area contributed by atoms with Gasteiger partial charge in [0.2, 0.25) is 0 Å². The Morgan fingerprint density at radius 3 is 2.74 bits per heavy atom. The van der Waals surface area contributed by atoms with Crippen molar-refractivity contribution in [3.8, 4) is 0 Å². The van der Waals surface area contributed by atoms with Crippen molar-refractivity contribution in [2.24, 2.45) is 5.73 Å². The number of anilines is 1. The lowest BCUT2D eigenvalue weighted by Gasteiger charge is -2.23. The summed E-state index contributed by atoms with van der Waals surface area (Å²) in [6.07, 6.45) is 0. The maximum Gasteiger partial charge on any atom is 0.107 e. The van der Waals surface area contributed by atoms with Crippen molar-refractivity contribution in [3.05, 3.63) is 23.8 Å². The number of thioether (sulfide) groups is 1. The normalized spacial score (nSPS) is 10.5. The van der Waals surface area contributed by atoms with Crippen LogP contribution in [-0.4, -0.2) is 37.5 Å². The third-order valence-corrected chi connectivity index (χ3v) is 3.88. The van der Waals surface area contributed by atoms with Crippen LogP contribution in [-0.2, 0) is 4.74 Å². The number of rotatable bonds is 8. The third-order valence-electron chi connectivity index (χ3n) is 2.74. The monoisotopic (exact) mass is 298 g/mol. The molecule has 0 saturated carbocycles. The Hall–Kier alpha value is -0.780. The van der Waals surface area contributed by atoms with Gasteiger partial charge in [0.25, 0.3) is 0 Å². The van der Waals surface area contributed by atoms with Crippen LogP contribution < -0.4 is 10.6 Å². The van der Waals surface area contributed by atoms with E-state index in [0.717, 1.165) is 35.1 Å². The Balaban J connectivity index is 2.98. The van der Waals surface area contributed by atoms with Crippen molar-refractivity contribution < 1.29 is 4.74 Å². The minimum Gasteiger partial charge on any atom is -0.389 e. The number of ether oxygens (including phenoxy) is 1. The van der Waals surface area contributed by atoms with E-state index in [4.69, 9.17) is 22.7 Å². The first-order valence-electron chi connectivity index (χ1n) is 6.46. The lowest BCUT2D eigenvalue weighted by Crippen LogP contribution is -2.26. The first-order valence-corrected chi connectivity index (χ1v) is 7.85. The molecule has 106 valence electrons. The highest BCUT2D eigenvalue weighted by Gasteiger charge is 2.14. The molecular formula is C14H22N2OS2.